The lowest BCUT2D eigenvalue weighted by Crippen LogP contribution is -2.50. The maximum atomic E-state index is 12.1. The van der Waals surface area contributed by atoms with Crippen molar-refractivity contribution in [1.29, 1.82) is 0 Å². The van der Waals surface area contributed by atoms with E-state index < -0.39 is 8.32 Å². The predicted molar refractivity (Wildman–Crippen MR) is 104 cm³/mol. The Kier molecular flexibility index (Phi) is 6.44. The zero-order valence-corrected chi connectivity index (χ0v) is 17.1. The summed E-state index contributed by atoms with van der Waals surface area (Å²) in [7, 11) is -1.67. The van der Waals surface area contributed by atoms with E-state index >= 15 is 0 Å². The first-order chi connectivity index (χ1) is 11.4. The number of ketones is 1. The summed E-state index contributed by atoms with van der Waals surface area (Å²) in [6.45, 7) is 11.4. The second kappa shape index (κ2) is 7.96. The third-order valence-electron chi connectivity index (χ3n) is 6.20. The van der Waals surface area contributed by atoms with Crippen LogP contribution in [0.3, 0.4) is 0 Å². The fourth-order valence-corrected chi connectivity index (χ4v) is 7.69. The van der Waals surface area contributed by atoms with Gasteiger partial charge in [-0.15, -0.1) is 0 Å². The normalized spacial score (nSPS) is 22.6. The Labute approximate surface area is 149 Å². The van der Waals surface area contributed by atoms with E-state index in [1.807, 2.05) is 6.07 Å². The minimum atomic E-state index is -1.67. The average molecular weight is 347 g/mol. The molecule has 0 aromatic heterocycles. The monoisotopic (exact) mass is 346 g/mol. The molecule has 1 aromatic carbocycles. The summed E-state index contributed by atoms with van der Waals surface area (Å²) in [5, 5.41) is 0. The Morgan fingerprint density at radius 2 is 1.67 bits per heavy atom. The number of Topliss-reactive ketones (excluding diaryl/α,β-unsaturated/α-hetero) is 1. The van der Waals surface area contributed by atoms with Crippen LogP contribution >= 0.6 is 0 Å². The highest BCUT2D eigenvalue weighted by molar-refractivity contribution is 6.73. The van der Waals surface area contributed by atoms with Gasteiger partial charge in [-0.1, -0.05) is 51.1 Å². The molecule has 1 aliphatic rings. The van der Waals surface area contributed by atoms with Gasteiger partial charge in [-0.3, -0.25) is 4.79 Å². The van der Waals surface area contributed by atoms with Crippen molar-refractivity contribution in [3.05, 3.63) is 35.9 Å². The van der Waals surface area contributed by atoms with Crippen LogP contribution in [-0.2, 0) is 9.22 Å². The van der Waals surface area contributed by atoms with Crippen LogP contribution in [-0.4, -0.2) is 19.7 Å². The molecule has 2 rings (SSSR count). The summed E-state index contributed by atoms with van der Waals surface area (Å²) in [4.78, 5) is 12.1. The highest BCUT2D eigenvalue weighted by Gasteiger charge is 2.45. The SMILES string of the molecule is CC[Si](CC)(CC)OC(C)(C)[C@@H]1CCC(=O)C[C@H]1c1ccccc1. The Bertz CT molecular complexity index is 526. The van der Waals surface area contributed by atoms with E-state index in [2.05, 4.69) is 58.9 Å². The summed E-state index contributed by atoms with van der Waals surface area (Å²) in [6, 6.07) is 14.1. The minimum Gasteiger partial charge on any atom is -0.412 e. The molecule has 24 heavy (non-hydrogen) atoms. The largest absolute Gasteiger partial charge is 0.412 e. The summed E-state index contributed by atoms with van der Waals surface area (Å²) in [6.07, 6.45) is 2.33. The zero-order chi connectivity index (χ0) is 17.8. The van der Waals surface area contributed by atoms with Crippen LogP contribution in [0.2, 0.25) is 18.1 Å². The fraction of sp³-hybridized carbons (Fsp3) is 0.667. The van der Waals surface area contributed by atoms with Gasteiger partial charge in [0.15, 0.2) is 8.32 Å². The number of benzene rings is 1. The van der Waals surface area contributed by atoms with E-state index in [4.69, 9.17) is 4.43 Å². The van der Waals surface area contributed by atoms with E-state index in [0.29, 0.717) is 30.5 Å². The van der Waals surface area contributed by atoms with Gasteiger partial charge in [-0.05, 0) is 55.8 Å². The molecule has 3 heteroatoms. The van der Waals surface area contributed by atoms with Gasteiger partial charge in [0.2, 0.25) is 0 Å². The van der Waals surface area contributed by atoms with Crippen molar-refractivity contribution < 1.29 is 9.22 Å². The maximum absolute atomic E-state index is 12.1. The van der Waals surface area contributed by atoms with Gasteiger partial charge < -0.3 is 4.43 Å². The molecule has 0 saturated heterocycles. The highest BCUT2D eigenvalue weighted by Crippen LogP contribution is 2.45. The molecule has 134 valence electrons. The average Bonchev–Trinajstić information content (AvgIpc) is 2.60. The van der Waals surface area contributed by atoms with Gasteiger partial charge in [0.1, 0.15) is 5.78 Å². The van der Waals surface area contributed by atoms with Gasteiger partial charge in [-0.2, -0.15) is 0 Å². The Hall–Kier alpha value is -0.933. The van der Waals surface area contributed by atoms with Crippen LogP contribution in [0.25, 0.3) is 0 Å². The highest BCUT2D eigenvalue weighted by atomic mass is 28.4. The molecule has 1 aromatic rings. The molecule has 0 bridgehead atoms. The first kappa shape index (κ1) is 19.4. The lowest BCUT2D eigenvalue weighted by molar-refractivity contribution is -0.123. The minimum absolute atomic E-state index is 0.171. The molecule has 0 unspecified atom stereocenters. The van der Waals surface area contributed by atoms with Crippen molar-refractivity contribution in [1.82, 2.24) is 0 Å². The van der Waals surface area contributed by atoms with E-state index in [9.17, 15) is 4.79 Å². The molecule has 0 amide bonds. The number of carbonyl (C=O) groups excluding carboxylic acids is 1. The molecule has 2 nitrogen and oxygen atoms in total. The molecule has 1 aliphatic carbocycles. The molecule has 0 aliphatic heterocycles. The van der Waals surface area contributed by atoms with Crippen molar-refractivity contribution in [2.45, 2.75) is 83.5 Å². The van der Waals surface area contributed by atoms with Crippen LogP contribution in [0, 0.1) is 5.92 Å². The van der Waals surface area contributed by atoms with Crippen LogP contribution < -0.4 is 0 Å². The van der Waals surface area contributed by atoms with E-state index in [1.54, 1.807) is 0 Å². The molecule has 0 heterocycles. The van der Waals surface area contributed by atoms with Crippen molar-refractivity contribution >= 4 is 14.1 Å². The summed E-state index contributed by atoms with van der Waals surface area (Å²) in [5.41, 5.74) is 1.12. The van der Waals surface area contributed by atoms with Gasteiger partial charge in [0, 0.05) is 12.8 Å². The van der Waals surface area contributed by atoms with Crippen LogP contribution in [0.1, 0.15) is 65.4 Å². The van der Waals surface area contributed by atoms with Crippen molar-refractivity contribution in [3.8, 4) is 0 Å². The second-order valence-electron chi connectivity index (χ2n) is 7.85. The third kappa shape index (κ3) is 4.18. The van der Waals surface area contributed by atoms with Crippen molar-refractivity contribution in [2.24, 2.45) is 5.92 Å². The molecule has 1 saturated carbocycles. The number of carbonyl (C=O) groups is 1. The number of hydrogen-bond acceptors (Lipinski definition) is 2. The lowest BCUT2D eigenvalue weighted by atomic mass is 9.68. The van der Waals surface area contributed by atoms with Gasteiger partial charge in [0.25, 0.3) is 0 Å². The Morgan fingerprint density at radius 3 is 2.21 bits per heavy atom. The second-order valence-corrected chi connectivity index (χ2v) is 12.5. The standard InChI is InChI=1S/C21H34O2Si/c1-6-24(7-2,8-3)23-21(4,5)20-15-14-18(22)16-19(20)17-12-10-9-11-13-17/h9-13,19-20H,6-8,14-16H2,1-5H3/t19-,20+/m0/s1. The van der Waals surface area contributed by atoms with E-state index in [0.717, 1.165) is 6.42 Å². The topological polar surface area (TPSA) is 26.3 Å². The molecule has 0 spiro atoms. The zero-order valence-electron chi connectivity index (χ0n) is 16.1. The van der Waals surface area contributed by atoms with Gasteiger partial charge >= 0.3 is 0 Å². The quantitative estimate of drug-likeness (QED) is 0.571. The van der Waals surface area contributed by atoms with E-state index in [1.165, 1.54) is 23.7 Å². The van der Waals surface area contributed by atoms with Gasteiger partial charge in [0.05, 0.1) is 5.60 Å². The molecular formula is C21H34O2Si. The van der Waals surface area contributed by atoms with Crippen LogP contribution in [0.15, 0.2) is 30.3 Å². The smallest absolute Gasteiger partial charge is 0.192 e. The maximum Gasteiger partial charge on any atom is 0.192 e. The lowest BCUT2D eigenvalue weighted by Gasteiger charge is -2.47. The van der Waals surface area contributed by atoms with Crippen LogP contribution in [0.4, 0.5) is 0 Å². The molecule has 0 N–H and O–H groups in total. The Morgan fingerprint density at radius 1 is 1.08 bits per heavy atom. The number of rotatable bonds is 7. The predicted octanol–water partition coefficient (Wildman–Crippen LogP) is 5.94. The Balaban J connectivity index is 2.30. The van der Waals surface area contributed by atoms with Crippen molar-refractivity contribution in [3.63, 3.8) is 0 Å². The molecular weight excluding hydrogens is 312 g/mol. The first-order valence-electron chi connectivity index (χ1n) is 9.64. The summed E-state index contributed by atoms with van der Waals surface area (Å²) in [5.74, 6) is 1.11. The van der Waals surface area contributed by atoms with Gasteiger partial charge in [-0.25, -0.2) is 0 Å². The van der Waals surface area contributed by atoms with Crippen molar-refractivity contribution in [2.75, 3.05) is 0 Å². The summed E-state index contributed by atoms with van der Waals surface area (Å²) >= 11 is 0. The molecule has 2 atom stereocenters. The summed E-state index contributed by atoms with van der Waals surface area (Å²) < 4.78 is 6.93. The molecule has 1 fully saturated rings. The fourth-order valence-electron chi connectivity index (χ4n) is 4.49. The third-order valence-corrected chi connectivity index (χ3v) is 11.0. The van der Waals surface area contributed by atoms with E-state index in [-0.39, 0.29) is 5.60 Å². The first-order valence-corrected chi connectivity index (χ1v) is 12.2. The number of hydrogen-bond donors (Lipinski definition) is 0. The van der Waals surface area contributed by atoms with Crippen LogP contribution in [0.5, 0.6) is 0 Å². The molecule has 0 radical (unpaired) electrons.